The molecule has 2 aromatic rings. The minimum Gasteiger partial charge on any atom is -0.328 e. The first-order valence-electron chi connectivity index (χ1n) is 4.48. The Balaban J connectivity index is 2.46. The van der Waals surface area contributed by atoms with Gasteiger partial charge in [-0.05, 0) is 19.1 Å². The Kier molecular flexibility index (Phi) is 2.25. The first kappa shape index (κ1) is 9.45. The molecule has 0 spiro atoms. The van der Waals surface area contributed by atoms with E-state index in [1.54, 1.807) is 31.2 Å². The van der Waals surface area contributed by atoms with Crippen LogP contribution in [0.25, 0.3) is 0 Å². The molecule has 0 aliphatic carbocycles. The van der Waals surface area contributed by atoms with E-state index in [0.29, 0.717) is 11.3 Å². The Morgan fingerprint density at radius 3 is 2.47 bits per heavy atom. The number of carbonyl (C=O) groups excluding carboxylic acids is 1. The van der Waals surface area contributed by atoms with E-state index in [1.165, 1.54) is 6.07 Å². The zero-order chi connectivity index (χ0) is 10.8. The number of aromatic nitrogens is 1. The van der Waals surface area contributed by atoms with Gasteiger partial charge < -0.3 is 4.52 Å². The summed E-state index contributed by atoms with van der Waals surface area (Å²) in [5.74, 6) is -0.338. The van der Waals surface area contributed by atoms with Crippen LogP contribution in [0.1, 0.15) is 16.1 Å². The minimum atomic E-state index is -0.517. The van der Waals surface area contributed by atoms with Gasteiger partial charge in [-0.2, -0.15) is 0 Å². The van der Waals surface area contributed by atoms with E-state index < -0.39 is 5.63 Å². The third kappa shape index (κ3) is 1.74. The number of benzene rings is 1. The van der Waals surface area contributed by atoms with E-state index >= 15 is 0 Å². The van der Waals surface area contributed by atoms with Gasteiger partial charge in [-0.1, -0.05) is 18.2 Å². The van der Waals surface area contributed by atoms with Crippen molar-refractivity contribution in [3.05, 3.63) is 58.1 Å². The summed E-state index contributed by atoms with van der Waals surface area (Å²) >= 11 is 0. The highest BCUT2D eigenvalue weighted by Crippen LogP contribution is 2.04. The molecule has 0 atom stereocenters. The quantitative estimate of drug-likeness (QED) is 0.704. The Bertz CT molecular complexity index is 536. The smallest absolute Gasteiger partial charge is 0.328 e. The zero-order valence-corrected chi connectivity index (χ0v) is 8.14. The van der Waals surface area contributed by atoms with Crippen LogP contribution in [0.3, 0.4) is 0 Å². The molecule has 0 aliphatic rings. The summed E-state index contributed by atoms with van der Waals surface area (Å²) in [6.45, 7) is 1.64. The normalized spacial score (nSPS) is 10.2. The van der Waals surface area contributed by atoms with Gasteiger partial charge in [-0.15, -0.1) is 4.74 Å². The summed E-state index contributed by atoms with van der Waals surface area (Å²) in [6, 6.07) is 9.94. The van der Waals surface area contributed by atoms with Crippen molar-refractivity contribution in [3.8, 4) is 0 Å². The van der Waals surface area contributed by atoms with Crippen molar-refractivity contribution in [1.29, 1.82) is 0 Å². The first-order chi connectivity index (χ1) is 7.18. The molecule has 1 aromatic carbocycles. The molecule has 1 heterocycles. The van der Waals surface area contributed by atoms with Crippen molar-refractivity contribution in [1.82, 2.24) is 4.74 Å². The molecule has 0 bridgehead atoms. The van der Waals surface area contributed by atoms with Gasteiger partial charge >= 0.3 is 5.63 Å². The Hall–Kier alpha value is -2.10. The van der Waals surface area contributed by atoms with E-state index in [-0.39, 0.29) is 5.91 Å². The Labute approximate surface area is 85.7 Å². The second kappa shape index (κ2) is 3.57. The lowest BCUT2D eigenvalue weighted by Crippen LogP contribution is -2.12. The fourth-order valence-electron chi connectivity index (χ4n) is 1.32. The van der Waals surface area contributed by atoms with Crippen molar-refractivity contribution in [3.63, 3.8) is 0 Å². The topological polar surface area (TPSA) is 52.2 Å². The van der Waals surface area contributed by atoms with Crippen LogP contribution in [0.4, 0.5) is 0 Å². The van der Waals surface area contributed by atoms with Crippen molar-refractivity contribution < 1.29 is 9.32 Å². The summed E-state index contributed by atoms with van der Waals surface area (Å²) in [7, 11) is 0. The Morgan fingerprint density at radius 1 is 1.27 bits per heavy atom. The maximum Gasteiger partial charge on any atom is 0.358 e. The molecule has 0 unspecified atom stereocenters. The lowest BCUT2D eigenvalue weighted by atomic mass is 10.2. The van der Waals surface area contributed by atoms with Crippen LogP contribution in [-0.2, 0) is 0 Å². The largest absolute Gasteiger partial charge is 0.358 e. The van der Waals surface area contributed by atoms with Gasteiger partial charge in [0.15, 0.2) is 0 Å². The lowest BCUT2D eigenvalue weighted by Gasteiger charge is -2.00. The zero-order valence-electron chi connectivity index (χ0n) is 8.14. The summed E-state index contributed by atoms with van der Waals surface area (Å²) < 4.78 is 5.74. The summed E-state index contributed by atoms with van der Waals surface area (Å²) in [5, 5.41) is 0. The molecule has 1 aromatic heterocycles. The standard InChI is InChI=1S/C11H9NO3/c1-8-7-10(13)15-12(8)11(14)9-5-3-2-4-6-9/h2-7H,1H3. The van der Waals surface area contributed by atoms with Crippen molar-refractivity contribution in [2.24, 2.45) is 0 Å². The molecule has 4 heteroatoms. The fourth-order valence-corrected chi connectivity index (χ4v) is 1.32. The van der Waals surface area contributed by atoms with Gasteiger partial charge in [0.05, 0.1) is 5.69 Å². The van der Waals surface area contributed by atoms with Crippen LogP contribution in [0.5, 0.6) is 0 Å². The second-order valence-corrected chi connectivity index (χ2v) is 3.16. The molecular formula is C11H9NO3. The highest BCUT2D eigenvalue weighted by atomic mass is 16.5. The average Bonchev–Trinajstić information content (AvgIpc) is 2.58. The number of hydrogen-bond donors (Lipinski definition) is 0. The molecule has 0 radical (unpaired) electrons. The Morgan fingerprint density at radius 2 is 1.93 bits per heavy atom. The molecule has 0 fully saturated rings. The predicted octanol–water partition coefficient (Wildman–Crippen LogP) is 1.44. The number of rotatable bonds is 1. The van der Waals surface area contributed by atoms with E-state index in [1.807, 2.05) is 6.07 Å². The number of aryl methyl sites for hydroxylation is 1. The molecule has 2 rings (SSSR count). The van der Waals surface area contributed by atoms with E-state index in [2.05, 4.69) is 0 Å². The maximum absolute atomic E-state index is 11.8. The van der Waals surface area contributed by atoms with Crippen LogP contribution in [-0.4, -0.2) is 10.6 Å². The van der Waals surface area contributed by atoms with E-state index in [4.69, 9.17) is 4.52 Å². The minimum absolute atomic E-state index is 0.338. The third-order valence-corrected chi connectivity index (χ3v) is 2.03. The summed E-state index contributed by atoms with van der Waals surface area (Å²) in [4.78, 5) is 22.7. The van der Waals surface area contributed by atoms with Gasteiger partial charge in [-0.25, -0.2) is 4.79 Å². The van der Waals surface area contributed by atoms with Gasteiger partial charge in [-0.3, -0.25) is 4.79 Å². The van der Waals surface area contributed by atoms with Crippen LogP contribution in [0, 0.1) is 6.92 Å². The molecule has 0 saturated heterocycles. The molecule has 0 N–H and O–H groups in total. The molecule has 0 saturated carbocycles. The van der Waals surface area contributed by atoms with Crippen LogP contribution in [0.15, 0.2) is 45.7 Å². The molecule has 0 aliphatic heterocycles. The SMILES string of the molecule is Cc1cc(=O)on1C(=O)c1ccccc1. The molecule has 0 amide bonds. The van der Waals surface area contributed by atoms with Crippen molar-refractivity contribution in [2.75, 3.05) is 0 Å². The van der Waals surface area contributed by atoms with E-state index in [9.17, 15) is 9.59 Å². The second-order valence-electron chi connectivity index (χ2n) is 3.16. The molecule has 4 nitrogen and oxygen atoms in total. The summed E-state index contributed by atoms with van der Waals surface area (Å²) in [5.41, 5.74) is 0.464. The van der Waals surface area contributed by atoms with E-state index in [0.717, 1.165) is 4.74 Å². The molecule has 15 heavy (non-hydrogen) atoms. The lowest BCUT2D eigenvalue weighted by molar-refractivity contribution is 0.0834. The van der Waals surface area contributed by atoms with Crippen molar-refractivity contribution >= 4 is 5.91 Å². The third-order valence-electron chi connectivity index (χ3n) is 2.03. The highest BCUT2D eigenvalue weighted by Gasteiger charge is 2.12. The highest BCUT2D eigenvalue weighted by molar-refractivity contribution is 5.95. The number of carbonyl (C=O) groups is 1. The fraction of sp³-hybridized carbons (Fsp3) is 0.0909. The van der Waals surface area contributed by atoms with Gasteiger partial charge in [0.2, 0.25) is 0 Å². The van der Waals surface area contributed by atoms with Gasteiger partial charge in [0.25, 0.3) is 5.91 Å². The van der Waals surface area contributed by atoms with Gasteiger partial charge in [0.1, 0.15) is 0 Å². The monoisotopic (exact) mass is 203 g/mol. The van der Waals surface area contributed by atoms with Crippen LogP contribution < -0.4 is 5.63 Å². The summed E-state index contributed by atoms with van der Waals surface area (Å²) in [6.07, 6.45) is 0. The van der Waals surface area contributed by atoms with Crippen LogP contribution >= 0.6 is 0 Å². The maximum atomic E-state index is 11.8. The van der Waals surface area contributed by atoms with Gasteiger partial charge in [0, 0.05) is 11.6 Å². The number of hydrogen-bond acceptors (Lipinski definition) is 3. The molecular weight excluding hydrogens is 194 g/mol. The van der Waals surface area contributed by atoms with Crippen molar-refractivity contribution in [2.45, 2.75) is 6.92 Å². The molecule has 76 valence electrons. The average molecular weight is 203 g/mol. The predicted molar refractivity (Wildman–Crippen MR) is 53.9 cm³/mol. The number of nitrogens with zero attached hydrogens (tertiary/aromatic N) is 1. The van der Waals surface area contributed by atoms with Crippen LogP contribution in [0.2, 0.25) is 0 Å². The first-order valence-corrected chi connectivity index (χ1v) is 4.48.